The Labute approximate surface area is 275 Å². The summed E-state index contributed by atoms with van der Waals surface area (Å²) in [6.45, 7) is 3.96. The molecule has 0 amide bonds. The molecule has 0 aliphatic heterocycles. The predicted octanol–water partition coefficient (Wildman–Crippen LogP) is 9.09. The molecule has 0 radical (unpaired) electrons. The molecule has 6 rings (SSSR count). The second-order valence-corrected chi connectivity index (χ2v) is 11.6. The molecular weight excluding hydrogens is 584 g/mol. The molecule has 0 fully saturated rings. The fraction of sp³-hybridized carbons (Fsp3) is 0.122. The van der Waals surface area contributed by atoms with Crippen molar-refractivity contribution in [3.05, 3.63) is 161 Å². The van der Waals surface area contributed by atoms with E-state index in [-0.39, 0.29) is 25.6 Å². The molecule has 47 heavy (non-hydrogen) atoms. The van der Waals surface area contributed by atoms with Crippen molar-refractivity contribution in [1.82, 2.24) is 0 Å². The van der Waals surface area contributed by atoms with E-state index in [1.807, 2.05) is 74.5 Å². The van der Waals surface area contributed by atoms with Gasteiger partial charge in [0.15, 0.2) is 0 Å². The van der Waals surface area contributed by atoms with Gasteiger partial charge in [-0.05, 0) is 138 Å². The number of phenols is 1. The van der Waals surface area contributed by atoms with Crippen LogP contribution in [-0.4, -0.2) is 20.4 Å². The Morgan fingerprint density at radius 2 is 0.745 bits per heavy atom. The number of aliphatic hydroxyl groups is 3. The lowest BCUT2D eigenvalue weighted by molar-refractivity contribution is 0.281. The minimum atomic E-state index is -0.0135. The molecule has 0 aliphatic carbocycles. The largest absolute Gasteiger partial charge is 0.508 e. The van der Waals surface area contributed by atoms with Gasteiger partial charge in [-0.2, -0.15) is 0 Å². The van der Waals surface area contributed by atoms with Crippen LogP contribution in [0.5, 0.6) is 5.75 Å². The van der Waals surface area contributed by atoms with Gasteiger partial charge in [-0.25, -0.2) is 0 Å². The summed E-state index contributed by atoms with van der Waals surface area (Å²) in [4.78, 5) is 4.30. The van der Waals surface area contributed by atoms with Gasteiger partial charge in [-0.15, -0.1) is 0 Å². The van der Waals surface area contributed by atoms with Crippen molar-refractivity contribution in [1.29, 1.82) is 0 Å². The first-order valence-corrected chi connectivity index (χ1v) is 15.6. The van der Waals surface area contributed by atoms with Gasteiger partial charge < -0.3 is 30.2 Å². The molecule has 0 aromatic heterocycles. The summed E-state index contributed by atoms with van der Waals surface area (Å²) in [7, 11) is 0. The number of anilines is 6. The van der Waals surface area contributed by atoms with E-state index in [0.717, 1.165) is 73.1 Å². The number of rotatable bonds is 10. The smallest absolute Gasteiger partial charge is 0.115 e. The van der Waals surface area contributed by atoms with Crippen LogP contribution in [0.15, 0.2) is 133 Å². The van der Waals surface area contributed by atoms with E-state index in [1.54, 1.807) is 12.1 Å². The van der Waals surface area contributed by atoms with Crippen molar-refractivity contribution >= 4 is 34.1 Å². The first kappa shape index (κ1) is 31.6. The van der Waals surface area contributed by atoms with E-state index < -0.39 is 0 Å². The van der Waals surface area contributed by atoms with Gasteiger partial charge in [0.05, 0.1) is 19.8 Å². The molecule has 6 nitrogen and oxygen atoms in total. The molecule has 6 aromatic rings. The third-order valence-electron chi connectivity index (χ3n) is 8.58. The predicted molar refractivity (Wildman–Crippen MR) is 190 cm³/mol. The molecular formula is C41H38N2O4. The van der Waals surface area contributed by atoms with Crippen molar-refractivity contribution in [3.63, 3.8) is 0 Å². The van der Waals surface area contributed by atoms with Crippen LogP contribution in [0, 0.1) is 13.8 Å². The van der Waals surface area contributed by atoms with Crippen molar-refractivity contribution in [2.45, 2.75) is 33.7 Å². The van der Waals surface area contributed by atoms with Crippen LogP contribution < -0.4 is 9.80 Å². The first-order valence-electron chi connectivity index (χ1n) is 15.6. The fourth-order valence-corrected chi connectivity index (χ4v) is 5.85. The number of benzene rings is 6. The lowest BCUT2D eigenvalue weighted by atomic mass is 10.0. The summed E-state index contributed by atoms with van der Waals surface area (Å²) >= 11 is 0. The molecule has 0 spiro atoms. The van der Waals surface area contributed by atoms with E-state index in [0.29, 0.717) is 0 Å². The Kier molecular flexibility index (Phi) is 9.36. The zero-order valence-electron chi connectivity index (χ0n) is 26.5. The molecule has 0 saturated heterocycles. The van der Waals surface area contributed by atoms with Crippen molar-refractivity contribution in [2.24, 2.45) is 0 Å². The number of aromatic hydroxyl groups is 1. The monoisotopic (exact) mass is 622 g/mol. The number of aryl methyl sites for hydroxylation is 2. The van der Waals surface area contributed by atoms with Gasteiger partial charge in [-0.1, -0.05) is 48.5 Å². The highest BCUT2D eigenvalue weighted by Gasteiger charge is 2.16. The third-order valence-corrected chi connectivity index (χ3v) is 8.58. The zero-order valence-corrected chi connectivity index (χ0v) is 26.5. The van der Waals surface area contributed by atoms with Crippen molar-refractivity contribution in [2.75, 3.05) is 9.80 Å². The van der Waals surface area contributed by atoms with Gasteiger partial charge in [0.2, 0.25) is 0 Å². The maximum atomic E-state index is 9.92. The highest BCUT2D eigenvalue weighted by molar-refractivity contribution is 5.81. The number of hydrogen-bond donors (Lipinski definition) is 4. The molecule has 0 bridgehead atoms. The number of nitrogens with zero attached hydrogens (tertiary/aromatic N) is 2. The molecule has 0 saturated carbocycles. The highest BCUT2D eigenvalue weighted by atomic mass is 16.3. The Morgan fingerprint density at radius 3 is 1.09 bits per heavy atom. The molecule has 0 unspecified atom stereocenters. The standard InChI is InChI=1S/C41H38N2O4/c1-28-23-39(17-9-33(28)26-45)42(35-11-3-30(25-44)4-12-35)36-13-5-31(6-14-36)32-7-15-37(16-8-32)43(38-19-21-41(47)22-20-38)40-18-10-34(27-46)29(2)24-40/h3-24,44-47H,25-27H2,1-2H3. The average molecular weight is 623 g/mol. The average Bonchev–Trinajstić information content (AvgIpc) is 3.10. The SMILES string of the molecule is Cc1cc(N(c2ccc(O)cc2)c2ccc(-c3ccc(N(c4ccc(CO)cc4)c4ccc(CO)c(C)c4)cc3)cc2)ccc1CO. The third kappa shape index (κ3) is 6.76. The lowest BCUT2D eigenvalue weighted by Gasteiger charge is -2.27. The molecule has 236 valence electrons. The van der Waals surface area contributed by atoms with Crippen LogP contribution in [-0.2, 0) is 19.8 Å². The molecule has 0 aliphatic rings. The van der Waals surface area contributed by atoms with Crippen LogP contribution in [0.25, 0.3) is 11.1 Å². The van der Waals surface area contributed by atoms with E-state index in [1.165, 1.54) is 0 Å². The second kappa shape index (κ2) is 13.9. The highest BCUT2D eigenvalue weighted by Crippen LogP contribution is 2.39. The first-order chi connectivity index (χ1) is 22.9. The number of phenolic OH excluding ortho intramolecular Hbond substituents is 1. The summed E-state index contributed by atoms with van der Waals surface area (Å²) in [6.07, 6.45) is 0. The van der Waals surface area contributed by atoms with Crippen LogP contribution in [0.2, 0.25) is 0 Å². The number of aliphatic hydroxyl groups excluding tert-OH is 3. The molecule has 6 aromatic carbocycles. The van der Waals surface area contributed by atoms with Crippen molar-refractivity contribution in [3.8, 4) is 16.9 Å². The summed E-state index contributed by atoms with van der Waals surface area (Å²) < 4.78 is 0. The van der Waals surface area contributed by atoms with Gasteiger partial charge in [0.25, 0.3) is 0 Å². The summed E-state index contributed by atoms with van der Waals surface area (Å²) in [6, 6.07) is 43.9. The molecule has 4 N–H and O–H groups in total. The Bertz CT molecular complexity index is 1950. The maximum absolute atomic E-state index is 9.92. The van der Waals surface area contributed by atoms with Crippen molar-refractivity contribution < 1.29 is 20.4 Å². The molecule has 6 heteroatoms. The number of hydrogen-bond acceptors (Lipinski definition) is 6. The van der Waals surface area contributed by atoms with Crippen LogP contribution in [0.3, 0.4) is 0 Å². The van der Waals surface area contributed by atoms with Crippen LogP contribution in [0.4, 0.5) is 34.1 Å². The second-order valence-electron chi connectivity index (χ2n) is 11.6. The van der Waals surface area contributed by atoms with Crippen LogP contribution in [0.1, 0.15) is 27.8 Å². The minimum Gasteiger partial charge on any atom is -0.508 e. The van der Waals surface area contributed by atoms with E-state index in [4.69, 9.17) is 0 Å². The van der Waals surface area contributed by atoms with E-state index >= 15 is 0 Å². The van der Waals surface area contributed by atoms with E-state index in [2.05, 4.69) is 70.5 Å². The Morgan fingerprint density at radius 1 is 0.404 bits per heavy atom. The van der Waals surface area contributed by atoms with E-state index in [9.17, 15) is 20.4 Å². The topological polar surface area (TPSA) is 87.4 Å². The minimum absolute atomic E-state index is 0.00681. The fourth-order valence-electron chi connectivity index (χ4n) is 5.85. The molecule has 0 atom stereocenters. The quantitative estimate of drug-likeness (QED) is 0.122. The lowest BCUT2D eigenvalue weighted by Crippen LogP contribution is -2.11. The Balaban J connectivity index is 1.33. The Hall–Kier alpha value is -5.40. The van der Waals surface area contributed by atoms with Gasteiger partial charge in [-0.3, -0.25) is 0 Å². The molecule has 0 heterocycles. The van der Waals surface area contributed by atoms with Gasteiger partial charge in [0.1, 0.15) is 5.75 Å². The summed E-state index contributed by atoms with van der Waals surface area (Å²) in [5, 5.41) is 38.9. The van der Waals surface area contributed by atoms with Crippen LogP contribution >= 0.6 is 0 Å². The van der Waals surface area contributed by atoms with Gasteiger partial charge in [0, 0.05) is 34.1 Å². The summed E-state index contributed by atoms with van der Waals surface area (Å²) in [5.74, 6) is 0.206. The normalized spacial score (nSPS) is 11.0. The summed E-state index contributed by atoms with van der Waals surface area (Å²) in [5.41, 5.74) is 12.5. The zero-order chi connectivity index (χ0) is 32.9. The maximum Gasteiger partial charge on any atom is 0.115 e. The van der Waals surface area contributed by atoms with Gasteiger partial charge >= 0.3 is 0 Å².